The number of aromatic nitrogens is 1. The fraction of sp³-hybridized carbons (Fsp3) is 0.0435. The molecule has 0 aliphatic rings. The minimum absolute atomic E-state index is 0.0556. The summed E-state index contributed by atoms with van der Waals surface area (Å²) in [6, 6.07) is 25.0. The Kier molecular flexibility index (Phi) is 4.99. The minimum atomic E-state index is -0.485. The maximum atomic E-state index is 13.3. The SMILES string of the molecule is O=C(c1ccc([N+](=O)[O-])cc1)N(Cc1cccc2ccccc12)c1ccccn1. The van der Waals surface area contributed by atoms with Gasteiger partial charge in [-0.25, -0.2) is 4.98 Å². The highest BCUT2D eigenvalue weighted by molar-refractivity contribution is 6.06. The van der Waals surface area contributed by atoms with E-state index in [1.54, 1.807) is 23.2 Å². The molecule has 3 aromatic carbocycles. The van der Waals surface area contributed by atoms with Gasteiger partial charge in [0.15, 0.2) is 0 Å². The Balaban J connectivity index is 1.74. The van der Waals surface area contributed by atoms with Crippen molar-refractivity contribution in [1.82, 2.24) is 4.98 Å². The van der Waals surface area contributed by atoms with Crippen LogP contribution in [-0.4, -0.2) is 15.8 Å². The number of carbonyl (C=O) groups is 1. The van der Waals surface area contributed by atoms with Gasteiger partial charge in [-0.1, -0.05) is 48.5 Å². The molecule has 6 heteroatoms. The number of carbonyl (C=O) groups excluding carboxylic acids is 1. The number of fused-ring (bicyclic) bond motifs is 1. The molecule has 0 aliphatic carbocycles. The Bertz CT molecular complexity index is 1170. The number of hydrogen-bond acceptors (Lipinski definition) is 4. The molecule has 0 radical (unpaired) electrons. The Hall–Kier alpha value is -4.06. The quantitative estimate of drug-likeness (QED) is 0.359. The molecule has 0 fully saturated rings. The Morgan fingerprint density at radius 3 is 2.34 bits per heavy atom. The number of anilines is 1. The molecule has 6 nitrogen and oxygen atoms in total. The van der Waals surface area contributed by atoms with Crippen molar-refractivity contribution >= 4 is 28.2 Å². The van der Waals surface area contributed by atoms with Crippen molar-refractivity contribution in [3.8, 4) is 0 Å². The number of nitrogens with zero attached hydrogens (tertiary/aromatic N) is 3. The zero-order valence-corrected chi connectivity index (χ0v) is 15.4. The predicted octanol–water partition coefficient (Wildman–Crippen LogP) is 4.99. The van der Waals surface area contributed by atoms with Crippen molar-refractivity contribution in [1.29, 1.82) is 0 Å². The lowest BCUT2D eigenvalue weighted by molar-refractivity contribution is -0.384. The molecule has 0 atom stereocenters. The van der Waals surface area contributed by atoms with E-state index in [-0.39, 0.29) is 11.6 Å². The smallest absolute Gasteiger partial charge is 0.269 e. The molecule has 142 valence electrons. The number of benzene rings is 3. The topological polar surface area (TPSA) is 76.3 Å². The van der Waals surface area contributed by atoms with E-state index in [1.807, 2.05) is 48.5 Å². The van der Waals surface area contributed by atoms with Crippen molar-refractivity contribution < 1.29 is 9.72 Å². The minimum Gasteiger partial charge on any atom is -0.288 e. The second kappa shape index (κ2) is 7.90. The molecule has 29 heavy (non-hydrogen) atoms. The van der Waals surface area contributed by atoms with Gasteiger partial charge < -0.3 is 0 Å². The van der Waals surface area contributed by atoms with E-state index in [0.29, 0.717) is 17.9 Å². The molecule has 0 unspecified atom stereocenters. The number of rotatable bonds is 5. The van der Waals surface area contributed by atoms with Gasteiger partial charge in [0, 0.05) is 23.9 Å². The third-order valence-electron chi connectivity index (χ3n) is 4.70. The van der Waals surface area contributed by atoms with Gasteiger partial charge in [-0.05, 0) is 40.6 Å². The lowest BCUT2D eigenvalue weighted by Crippen LogP contribution is -2.31. The third kappa shape index (κ3) is 3.82. The summed E-state index contributed by atoms with van der Waals surface area (Å²) in [4.78, 5) is 29.6. The second-order valence-corrected chi connectivity index (χ2v) is 6.52. The van der Waals surface area contributed by atoms with Crippen LogP contribution >= 0.6 is 0 Å². The van der Waals surface area contributed by atoms with E-state index in [2.05, 4.69) is 4.98 Å². The highest BCUT2D eigenvalue weighted by atomic mass is 16.6. The van der Waals surface area contributed by atoms with E-state index < -0.39 is 4.92 Å². The molecule has 4 aromatic rings. The monoisotopic (exact) mass is 383 g/mol. The van der Waals surface area contributed by atoms with Crippen LogP contribution < -0.4 is 4.90 Å². The van der Waals surface area contributed by atoms with E-state index in [4.69, 9.17) is 0 Å². The molecule has 1 aromatic heterocycles. The fourth-order valence-corrected chi connectivity index (χ4v) is 3.25. The number of nitro benzene ring substituents is 1. The first kappa shape index (κ1) is 18.3. The molecule has 0 aliphatic heterocycles. The van der Waals surface area contributed by atoms with Gasteiger partial charge >= 0.3 is 0 Å². The van der Waals surface area contributed by atoms with Crippen LogP contribution in [0.4, 0.5) is 11.5 Å². The van der Waals surface area contributed by atoms with Crippen LogP contribution in [0, 0.1) is 10.1 Å². The average Bonchev–Trinajstić information content (AvgIpc) is 2.77. The first-order chi connectivity index (χ1) is 14.1. The molecule has 0 N–H and O–H groups in total. The first-order valence-corrected chi connectivity index (χ1v) is 9.07. The van der Waals surface area contributed by atoms with Crippen LogP contribution in [0.2, 0.25) is 0 Å². The standard InChI is InChI=1S/C23H17N3O3/c27-23(18-11-13-20(14-12-18)26(28)29)25(22-10-3-4-15-24-22)16-19-8-5-7-17-6-1-2-9-21(17)19/h1-15H,16H2. The van der Waals surface area contributed by atoms with E-state index in [1.165, 1.54) is 24.3 Å². The van der Waals surface area contributed by atoms with Gasteiger partial charge in [-0.2, -0.15) is 0 Å². The molecular formula is C23H17N3O3. The van der Waals surface area contributed by atoms with Gasteiger partial charge in [0.25, 0.3) is 11.6 Å². The van der Waals surface area contributed by atoms with Gasteiger partial charge in [0.05, 0.1) is 11.5 Å². The van der Waals surface area contributed by atoms with E-state index in [9.17, 15) is 14.9 Å². The maximum Gasteiger partial charge on any atom is 0.269 e. The van der Waals surface area contributed by atoms with Gasteiger partial charge in [-0.3, -0.25) is 19.8 Å². The lowest BCUT2D eigenvalue weighted by Gasteiger charge is -2.23. The number of non-ortho nitro benzene ring substituents is 1. The van der Waals surface area contributed by atoms with Crippen LogP contribution in [0.1, 0.15) is 15.9 Å². The maximum absolute atomic E-state index is 13.3. The largest absolute Gasteiger partial charge is 0.288 e. The number of hydrogen-bond donors (Lipinski definition) is 0. The third-order valence-corrected chi connectivity index (χ3v) is 4.70. The zero-order chi connectivity index (χ0) is 20.2. The van der Waals surface area contributed by atoms with E-state index >= 15 is 0 Å². The highest BCUT2D eigenvalue weighted by Crippen LogP contribution is 2.24. The van der Waals surface area contributed by atoms with Crippen LogP contribution in [0.3, 0.4) is 0 Å². The number of amides is 1. The van der Waals surface area contributed by atoms with Crippen molar-refractivity contribution in [3.63, 3.8) is 0 Å². The van der Waals surface area contributed by atoms with Crippen molar-refractivity contribution in [2.75, 3.05) is 4.90 Å². The van der Waals surface area contributed by atoms with Crippen LogP contribution in [-0.2, 0) is 6.54 Å². The van der Waals surface area contributed by atoms with Crippen LogP contribution in [0.5, 0.6) is 0 Å². The average molecular weight is 383 g/mol. The van der Waals surface area contributed by atoms with Crippen LogP contribution in [0.15, 0.2) is 91.1 Å². The Morgan fingerprint density at radius 1 is 0.897 bits per heavy atom. The molecule has 0 spiro atoms. The summed E-state index contributed by atoms with van der Waals surface area (Å²) >= 11 is 0. The molecule has 1 amide bonds. The summed E-state index contributed by atoms with van der Waals surface area (Å²) < 4.78 is 0. The first-order valence-electron chi connectivity index (χ1n) is 9.07. The normalized spacial score (nSPS) is 10.6. The number of pyridine rings is 1. The zero-order valence-electron chi connectivity index (χ0n) is 15.4. The molecule has 0 saturated carbocycles. The summed E-state index contributed by atoms with van der Waals surface area (Å²) in [7, 11) is 0. The molecule has 0 bridgehead atoms. The predicted molar refractivity (Wildman–Crippen MR) is 112 cm³/mol. The summed E-state index contributed by atoms with van der Waals surface area (Å²) in [5.74, 6) is 0.246. The molecular weight excluding hydrogens is 366 g/mol. The summed E-state index contributed by atoms with van der Waals surface area (Å²) in [5, 5.41) is 13.1. The second-order valence-electron chi connectivity index (χ2n) is 6.52. The number of nitro groups is 1. The lowest BCUT2D eigenvalue weighted by atomic mass is 10.0. The molecule has 0 saturated heterocycles. The van der Waals surface area contributed by atoms with Gasteiger partial charge in [0.1, 0.15) is 5.82 Å². The van der Waals surface area contributed by atoms with Crippen molar-refractivity contribution in [2.45, 2.75) is 6.54 Å². The van der Waals surface area contributed by atoms with Gasteiger partial charge in [0.2, 0.25) is 0 Å². The Labute approximate surface area is 167 Å². The molecule has 4 rings (SSSR count). The van der Waals surface area contributed by atoms with Gasteiger partial charge in [-0.15, -0.1) is 0 Å². The van der Waals surface area contributed by atoms with Crippen LogP contribution in [0.25, 0.3) is 10.8 Å². The highest BCUT2D eigenvalue weighted by Gasteiger charge is 2.21. The summed E-state index contributed by atoms with van der Waals surface area (Å²) in [5.41, 5.74) is 1.30. The summed E-state index contributed by atoms with van der Waals surface area (Å²) in [6.07, 6.45) is 1.63. The molecule has 1 heterocycles. The fourth-order valence-electron chi connectivity index (χ4n) is 3.25. The van der Waals surface area contributed by atoms with E-state index in [0.717, 1.165) is 16.3 Å². The summed E-state index contributed by atoms with van der Waals surface area (Å²) in [6.45, 7) is 0.328. The van der Waals surface area contributed by atoms with Crippen molar-refractivity contribution in [3.05, 3.63) is 112 Å². The van der Waals surface area contributed by atoms with Crippen molar-refractivity contribution in [2.24, 2.45) is 0 Å². The Morgan fingerprint density at radius 2 is 1.62 bits per heavy atom.